The second-order valence-electron chi connectivity index (χ2n) is 10.2. The summed E-state index contributed by atoms with van der Waals surface area (Å²) in [6, 6.07) is 6.43. The van der Waals surface area contributed by atoms with Crippen LogP contribution in [-0.2, 0) is 23.1 Å². The molecule has 242 valence electrons. The van der Waals surface area contributed by atoms with Gasteiger partial charge in [-0.05, 0) is 43.3 Å². The normalized spacial score (nSPS) is 10.8. The predicted octanol–water partition coefficient (Wildman–Crippen LogP) is 2.84. The zero-order chi connectivity index (χ0) is 33.5. The van der Waals surface area contributed by atoms with Crippen LogP contribution in [0.2, 0.25) is 0 Å². The Morgan fingerprint density at radius 1 is 1.02 bits per heavy atom. The van der Waals surface area contributed by atoms with Gasteiger partial charge in [0.15, 0.2) is 11.5 Å². The van der Waals surface area contributed by atoms with E-state index in [2.05, 4.69) is 21.9 Å². The molecule has 46 heavy (non-hydrogen) atoms. The number of fused-ring (bicyclic) bond motifs is 1. The van der Waals surface area contributed by atoms with Gasteiger partial charge in [0.05, 0.1) is 59.7 Å². The number of aromatic nitrogens is 4. The molecular formula is C31H34N6O9. The van der Waals surface area contributed by atoms with Gasteiger partial charge in [-0.1, -0.05) is 16.8 Å². The Bertz CT molecular complexity index is 1820. The van der Waals surface area contributed by atoms with E-state index in [-0.39, 0.29) is 60.8 Å². The Morgan fingerprint density at radius 2 is 1.70 bits per heavy atom. The first-order chi connectivity index (χ1) is 22.0. The van der Waals surface area contributed by atoms with Crippen molar-refractivity contribution in [3.05, 3.63) is 63.1 Å². The van der Waals surface area contributed by atoms with Crippen LogP contribution >= 0.6 is 0 Å². The first-order valence-electron chi connectivity index (χ1n) is 13.9. The molecule has 15 heteroatoms. The number of likely N-dealkylation sites (N-methyl/N-ethyl adjacent to an activating group) is 1. The van der Waals surface area contributed by atoms with Gasteiger partial charge in [-0.3, -0.25) is 19.2 Å². The monoisotopic (exact) mass is 634 g/mol. The van der Waals surface area contributed by atoms with Crippen molar-refractivity contribution in [2.45, 2.75) is 13.0 Å². The molecule has 2 aromatic carbocycles. The van der Waals surface area contributed by atoms with Crippen molar-refractivity contribution >= 4 is 28.6 Å². The molecule has 0 spiro atoms. The van der Waals surface area contributed by atoms with Gasteiger partial charge in [-0.15, -0.1) is 0 Å². The van der Waals surface area contributed by atoms with Gasteiger partial charge >= 0.3 is 11.9 Å². The number of nitrogens with zero attached hydrogens (tertiary/aromatic N) is 6. The minimum absolute atomic E-state index is 0.0143. The van der Waals surface area contributed by atoms with Gasteiger partial charge in [0.2, 0.25) is 11.5 Å². The maximum Gasteiger partial charge on any atom is 0.434 e. The second kappa shape index (κ2) is 14.4. The number of esters is 1. The van der Waals surface area contributed by atoms with Gasteiger partial charge in [-0.2, -0.15) is 5.10 Å². The SMILES string of the molecule is COc1cc(C(=O)c2nn(Cc3cnc([N+](=O)[O-])n3C)c3c(C#CCCOC(=O)CN(C)C)c(OC)ccc23)cc(OC)c1OC. The summed E-state index contributed by atoms with van der Waals surface area (Å²) in [5.74, 6) is 6.25. The van der Waals surface area contributed by atoms with Crippen molar-refractivity contribution in [2.24, 2.45) is 7.05 Å². The van der Waals surface area contributed by atoms with Crippen molar-refractivity contribution < 1.29 is 38.2 Å². The Balaban J connectivity index is 1.86. The fourth-order valence-corrected chi connectivity index (χ4v) is 4.75. The molecule has 0 aliphatic heterocycles. The van der Waals surface area contributed by atoms with Crippen LogP contribution in [0, 0.1) is 22.0 Å². The molecule has 2 heterocycles. The molecule has 2 aromatic heterocycles. The number of benzene rings is 2. The van der Waals surface area contributed by atoms with Crippen LogP contribution in [0.5, 0.6) is 23.0 Å². The molecule has 15 nitrogen and oxygen atoms in total. The third kappa shape index (κ3) is 6.87. The fourth-order valence-electron chi connectivity index (χ4n) is 4.75. The molecule has 0 bridgehead atoms. The van der Waals surface area contributed by atoms with E-state index >= 15 is 0 Å². The van der Waals surface area contributed by atoms with E-state index in [0.717, 1.165) is 0 Å². The topological polar surface area (TPSA) is 162 Å². The third-order valence-electron chi connectivity index (χ3n) is 6.92. The van der Waals surface area contributed by atoms with Crippen LogP contribution in [0.15, 0.2) is 30.5 Å². The first-order valence-corrected chi connectivity index (χ1v) is 13.9. The zero-order valence-corrected chi connectivity index (χ0v) is 26.6. The van der Waals surface area contributed by atoms with Crippen LogP contribution in [0.1, 0.15) is 33.7 Å². The van der Waals surface area contributed by atoms with Crippen molar-refractivity contribution in [3.8, 4) is 34.8 Å². The van der Waals surface area contributed by atoms with E-state index < -0.39 is 10.7 Å². The molecule has 4 rings (SSSR count). The number of nitro groups is 1. The minimum Gasteiger partial charge on any atom is -0.495 e. The molecule has 0 radical (unpaired) electrons. The molecule has 0 unspecified atom stereocenters. The lowest BCUT2D eigenvalue weighted by Gasteiger charge is -2.13. The van der Waals surface area contributed by atoms with Crippen LogP contribution in [-0.4, -0.2) is 96.6 Å². The minimum atomic E-state index is -0.588. The number of methoxy groups -OCH3 is 4. The molecule has 0 fully saturated rings. The second-order valence-corrected chi connectivity index (χ2v) is 10.2. The molecule has 0 N–H and O–H groups in total. The standard InChI is InChI=1S/C31H34N6O9/c1-34(2)18-26(38)46-13-9-8-10-21-23(42-4)12-11-22-27(29(39)19-14-24(43-5)30(45-7)25(15-19)44-6)33-36(28(21)22)17-20-16-32-31(35(20)3)37(40)41/h11-12,14-16H,9,13,17-18H2,1-7H3. The maximum atomic E-state index is 14.1. The average Bonchev–Trinajstić information content (AvgIpc) is 3.59. The van der Waals surface area contributed by atoms with E-state index in [9.17, 15) is 19.7 Å². The summed E-state index contributed by atoms with van der Waals surface area (Å²) in [4.78, 5) is 42.5. The smallest absolute Gasteiger partial charge is 0.434 e. The summed E-state index contributed by atoms with van der Waals surface area (Å²) >= 11 is 0. The molecule has 0 aliphatic rings. The van der Waals surface area contributed by atoms with Crippen LogP contribution < -0.4 is 18.9 Å². The van der Waals surface area contributed by atoms with Gasteiger partial charge < -0.3 is 33.8 Å². The Labute approximate surface area is 264 Å². The molecular weight excluding hydrogens is 600 g/mol. The van der Waals surface area contributed by atoms with Crippen LogP contribution in [0.4, 0.5) is 5.95 Å². The summed E-state index contributed by atoms with van der Waals surface area (Å²) in [5, 5.41) is 16.6. The van der Waals surface area contributed by atoms with Gasteiger partial charge in [0, 0.05) is 17.4 Å². The Kier molecular flexibility index (Phi) is 10.4. The number of carbonyl (C=O) groups excluding carboxylic acids is 2. The van der Waals surface area contributed by atoms with Crippen molar-refractivity contribution in [2.75, 3.05) is 55.7 Å². The number of hydrogen-bond acceptors (Lipinski definition) is 12. The predicted molar refractivity (Wildman–Crippen MR) is 166 cm³/mol. The Hall–Kier alpha value is -5.62. The number of carbonyl (C=O) groups is 2. The highest BCUT2D eigenvalue weighted by atomic mass is 16.6. The highest BCUT2D eigenvalue weighted by molar-refractivity contribution is 6.16. The van der Waals surface area contributed by atoms with Crippen LogP contribution in [0.3, 0.4) is 0 Å². The number of imidazole rings is 1. The quantitative estimate of drug-likeness (QED) is 0.0529. The van der Waals surface area contributed by atoms with Crippen molar-refractivity contribution in [1.82, 2.24) is 24.2 Å². The number of rotatable bonds is 13. The van der Waals surface area contributed by atoms with E-state index in [1.165, 1.54) is 63.1 Å². The van der Waals surface area contributed by atoms with E-state index in [1.807, 2.05) is 0 Å². The van der Waals surface area contributed by atoms with E-state index in [4.69, 9.17) is 23.7 Å². The van der Waals surface area contributed by atoms with Crippen molar-refractivity contribution in [1.29, 1.82) is 0 Å². The lowest BCUT2D eigenvalue weighted by Crippen LogP contribution is -2.23. The summed E-state index contributed by atoms with van der Waals surface area (Å²) in [6.07, 6.45) is 1.61. The summed E-state index contributed by atoms with van der Waals surface area (Å²) in [6.45, 7) is 0.246. The van der Waals surface area contributed by atoms with Gasteiger partial charge in [0.1, 0.15) is 29.9 Å². The third-order valence-corrected chi connectivity index (χ3v) is 6.92. The average molecular weight is 635 g/mol. The molecule has 0 atom stereocenters. The molecule has 4 aromatic rings. The lowest BCUT2D eigenvalue weighted by atomic mass is 10.0. The molecule has 0 aliphatic carbocycles. The summed E-state index contributed by atoms with van der Waals surface area (Å²) in [5.41, 5.74) is 1.64. The summed E-state index contributed by atoms with van der Waals surface area (Å²) in [7, 11) is 10.9. The summed E-state index contributed by atoms with van der Waals surface area (Å²) < 4.78 is 30.0. The number of ether oxygens (including phenoxy) is 5. The number of hydrogen-bond donors (Lipinski definition) is 0. The molecule has 0 saturated heterocycles. The zero-order valence-electron chi connectivity index (χ0n) is 26.6. The van der Waals surface area contributed by atoms with Gasteiger partial charge in [-0.25, -0.2) is 4.57 Å². The highest BCUT2D eigenvalue weighted by Crippen LogP contribution is 2.39. The van der Waals surface area contributed by atoms with Crippen molar-refractivity contribution in [3.63, 3.8) is 0 Å². The van der Waals surface area contributed by atoms with E-state index in [0.29, 0.717) is 33.7 Å². The maximum absolute atomic E-state index is 14.1. The Morgan fingerprint density at radius 3 is 2.26 bits per heavy atom. The fraction of sp³-hybridized carbons (Fsp3) is 0.355. The van der Waals surface area contributed by atoms with Gasteiger partial charge in [0.25, 0.3) is 0 Å². The first kappa shape index (κ1) is 33.3. The lowest BCUT2D eigenvalue weighted by molar-refractivity contribution is -0.396. The largest absolute Gasteiger partial charge is 0.495 e. The van der Waals surface area contributed by atoms with E-state index in [1.54, 1.807) is 31.1 Å². The molecule has 0 saturated carbocycles. The highest BCUT2D eigenvalue weighted by Gasteiger charge is 2.26. The van der Waals surface area contributed by atoms with Crippen LogP contribution in [0.25, 0.3) is 10.9 Å². The molecule has 0 amide bonds. The number of ketones is 1.